The lowest BCUT2D eigenvalue weighted by molar-refractivity contribution is 0.465. The van der Waals surface area contributed by atoms with Crippen molar-refractivity contribution in [3.63, 3.8) is 0 Å². The Morgan fingerprint density at radius 2 is 1.86 bits per heavy atom. The molecule has 4 aromatic rings. The Labute approximate surface area is 168 Å². The van der Waals surface area contributed by atoms with Crippen LogP contribution in [0.2, 0.25) is 0 Å². The van der Waals surface area contributed by atoms with Crippen molar-refractivity contribution in [3.05, 3.63) is 78.2 Å². The molecular formula is C23H22FN5. The van der Waals surface area contributed by atoms with Crippen LogP contribution in [-0.4, -0.2) is 21.1 Å². The van der Waals surface area contributed by atoms with Crippen LogP contribution in [0.3, 0.4) is 0 Å². The second kappa shape index (κ2) is 7.20. The summed E-state index contributed by atoms with van der Waals surface area (Å²) in [7, 11) is 0. The second-order valence-electron chi connectivity index (χ2n) is 7.49. The van der Waals surface area contributed by atoms with Crippen molar-refractivity contribution in [3.8, 4) is 11.3 Å². The highest BCUT2D eigenvalue weighted by atomic mass is 19.1. The molecule has 0 spiro atoms. The molecule has 2 aromatic carbocycles. The van der Waals surface area contributed by atoms with Gasteiger partial charge in [-0.2, -0.15) is 0 Å². The number of fused-ring (bicyclic) bond motifs is 1. The summed E-state index contributed by atoms with van der Waals surface area (Å²) in [4.78, 5) is 6.78. The van der Waals surface area contributed by atoms with Crippen molar-refractivity contribution < 1.29 is 4.39 Å². The van der Waals surface area contributed by atoms with E-state index in [4.69, 9.17) is 10.8 Å². The minimum atomic E-state index is -0.198. The van der Waals surface area contributed by atoms with Crippen LogP contribution in [0.4, 0.5) is 15.9 Å². The molecule has 3 heterocycles. The molecule has 0 aliphatic carbocycles. The number of rotatable bonds is 3. The fourth-order valence-corrected chi connectivity index (χ4v) is 4.13. The second-order valence-corrected chi connectivity index (χ2v) is 7.49. The van der Waals surface area contributed by atoms with Crippen molar-refractivity contribution in [1.82, 2.24) is 14.6 Å². The van der Waals surface area contributed by atoms with Gasteiger partial charge in [0.15, 0.2) is 5.65 Å². The molecular weight excluding hydrogens is 365 g/mol. The Balaban J connectivity index is 1.56. The third-order valence-corrected chi connectivity index (χ3v) is 5.59. The highest BCUT2D eigenvalue weighted by molar-refractivity contribution is 5.65. The molecule has 1 aliphatic heterocycles. The van der Waals surface area contributed by atoms with Gasteiger partial charge in [-0.3, -0.25) is 0 Å². The van der Waals surface area contributed by atoms with Crippen molar-refractivity contribution in [1.29, 1.82) is 0 Å². The first kappa shape index (κ1) is 17.7. The average Bonchev–Trinajstić information content (AvgIpc) is 3.17. The zero-order chi connectivity index (χ0) is 19.8. The summed E-state index contributed by atoms with van der Waals surface area (Å²) in [6.45, 7) is 0.894. The first-order chi connectivity index (χ1) is 14.2. The molecule has 1 saturated heterocycles. The molecule has 0 amide bonds. The highest BCUT2D eigenvalue weighted by Crippen LogP contribution is 2.34. The van der Waals surface area contributed by atoms with Crippen LogP contribution in [0.25, 0.3) is 16.9 Å². The number of aromatic nitrogens is 3. The number of nitrogens with zero attached hydrogens (tertiary/aromatic N) is 4. The number of nitrogen functional groups attached to an aromatic ring is 1. The highest BCUT2D eigenvalue weighted by Gasteiger charge is 2.26. The van der Waals surface area contributed by atoms with E-state index in [0.717, 1.165) is 59.8 Å². The minimum absolute atomic E-state index is 0.118. The molecule has 1 aliphatic rings. The summed E-state index contributed by atoms with van der Waals surface area (Å²) in [5.41, 5.74) is 10.3. The van der Waals surface area contributed by atoms with Crippen LogP contribution < -0.4 is 10.6 Å². The Kier molecular flexibility index (Phi) is 4.39. The van der Waals surface area contributed by atoms with Crippen molar-refractivity contribution in [2.24, 2.45) is 0 Å². The van der Waals surface area contributed by atoms with Gasteiger partial charge in [-0.1, -0.05) is 24.3 Å². The fourth-order valence-electron chi connectivity index (χ4n) is 4.13. The van der Waals surface area contributed by atoms with Crippen molar-refractivity contribution >= 4 is 17.2 Å². The van der Waals surface area contributed by atoms with E-state index < -0.39 is 0 Å². The van der Waals surface area contributed by atoms with Crippen LogP contribution in [0.1, 0.15) is 30.9 Å². The molecule has 0 saturated carbocycles. The largest absolute Gasteiger partial charge is 0.399 e. The third kappa shape index (κ3) is 3.31. The maximum absolute atomic E-state index is 13.8. The van der Waals surface area contributed by atoms with Gasteiger partial charge in [-0.05, 0) is 61.2 Å². The van der Waals surface area contributed by atoms with Crippen molar-refractivity contribution in [2.45, 2.75) is 25.3 Å². The number of halogens is 1. The number of benzene rings is 2. The maximum atomic E-state index is 13.8. The molecule has 2 N–H and O–H groups in total. The van der Waals surface area contributed by atoms with E-state index in [0.29, 0.717) is 0 Å². The van der Waals surface area contributed by atoms with Crippen LogP contribution in [0, 0.1) is 5.82 Å². The van der Waals surface area contributed by atoms with Gasteiger partial charge in [0.2, 0.25) is 0 Å². The lowest BCUT2D eigenvalue weighted by Crippen LogP contribution is -2.34. The minimum Gasteiger partial charge on any atom is -0.399 e. The van der Waals surface area contributed by atoms with E-state index in [1.54, 1.807) is 12.1 Å². The first-order valence-electron chi connectivity index (χ1n) is 9.92. The predicted octanol–water partition coefficient (Wildman–Crippen LogP) is 4.85. The summed E-state index contributed by atoms with van der Waals surface area (Å²) in [5.74, 6) is 0.679. The Bertz CT molecular complexity index is 1150. The summed E-state index contributed by atoms with van der Waals surface area (Å²) in [6.07, 6.45) is 5.04. The smallest absolute Gasteiger partial charge is 0.154 e. The lowest BCUT2D eigenvalue weighted by atomic mass is 9.95. The number of anilines is 2. The van der Waals surface area contributed by atoms with Crippen LogP contribution >= 0.6 is 0 Å². The van der Waals surface area contributed by atoms with E-state index >= 15 is 0 Å². The van der Waals surface area contributed by atoms with E-state index in [1.807, 2.05) is 53.2 Å². The first-order valence-corrected chi connectivity index (χ1v) is 9.92. The third-order valence-electron chi connectivity index (χ3n) is 5.59. The summed E-state index contributed by atoms with van der Waals surface area (Å²) < 4.78 is 15.7. The van der Waals surface area contributed by atoms with Gasteiger partial charge in [-0.25, -0.2) is 13.9 Å². The van der Waals surface area contributed by atoms with Gasteiger partial charge in [0.1, 0.15) is 11.6 Å². The summed E-state index contributed by atoms with van der Waals surface area (Å²) >= 11 is 0. The summed E-state index contributed by atoms with van der Waals surface area (Å²) in [5, 5.41) is 4.91. The molecule has 1 atom stereocenters. The normalized spacial score (nSPS) is 17.0. The Morgan fingerprint density at radius 3 is 2.69 bits per heavy atom. The van der Waals surface area contributed by atoms with E-state index in [1.165, 1.54) is 6.07 Å². The quantitative estimate of drug-likeness (QED) is 0.511. The zero-order valence-electron chi connectivity index (χ0n) is 16.0. The van der Waals surface area contributed by atoms with E-state index in [-0.39, 0.29) is 11.9 Å². The molecule has 0 bridgehead atoms. The predicted molar refractivity (Wildman–Crippen MR) is 113 cm³/mol. The molecule has 0 radical (unpaired) electrons. The maximum Gasteiger partial charge on any atom is 0.154 e. The molecule has 146 valence electrons. The van der Waals surface area contributed by atoms with Crippen molar-refractivity contribution in [2.75, 3.05) is 17.2 Å². The standard InChI is InChI=1S/C23H22FN5/c24-18-5-3-4-17(14-18)20-6-1-2-13-28(20)23-12-11-22-26-15-21(29(22)27-23)16-7-9-19(25)10-8-16/h3-5,7-12,14-15,20H,1-2,6,13,25H2/t20-/m0/s1. The molecule has 6 heteroatoms. The monoisotopic (exact) mass is 387 g/mol. The average molecular weight is 387 g/mol. The number of nitrogens with two attached hydrogens (primary N) is 1. The molecule has 5 nitrogen and oxygen atoms in total. The Hall–Kier alpha value is -3.41. The van der Waals surface area contributed by atoms with Gasteiger partial charge < -0.3 is 10.6 Å². The van der Waals surface area contributed by atoms with Crippen LogP contribution in [0.5, 0.6) is 0 Å². The summed E-state index contributed by atoms with van der Waals surface area (Å²) in [6, 6.07) is 18.7. The van der Waals surface area contributed by atoms with Gasteiger partial charge >= 0.3 is 0 Å². The number of hydrogen-bond donors (Lipinski definition) is 1. The van der Waals surface area contributed by atoms with Crippen LogP contribution in [0.15, 0.2) is 66.9 Å². The molecule has 29 heavy (non-hydrogen) atoms. The molecule has 0 unspecified atom stereocenters. The topological polar surface area (TPSA) is 59.5 Å². The number of imidazole rings is 1. The fraction of sp³-hybridized carbons (Fsp3) is 0.217. The van der Waals surface area contributed by atoms with Gasteiger partial charge in [0, 0.05) is 17.8 Å². The van der Waals surface area contributed by atoms with E-state index in [9.17, 15) is 4.39 Å². The lowest BCUT2D eigenvalue weighted by Gasteiger charge is -2.37. The van der Waals surface area contributed by atoms with Gasteiger partial charge in [0.25, 0.3) is 0 Å². The zero-order valence-corrected chi connectivity index (χ0v) is 16.0. The van der Waals surface area contributed by atoms with Crippen LogP contribution in [-0.2, 0) is 0 Å². The SMILES string of the molecule is Nc1ccc(-c2cnc3ccc(N4CCCC[C@H]4c4cccc(F)c4)nn23)cc1. The van der Waals surface area contributed by atoms with Gasteiger partial charge in [0.05, 0.1) is 17.9 Å². The molecule has 2 aromatic heterocycles. The van der Waals surface area contributed by atoms with Gasteiger partial charge in [-0.15, -0.1) is 5.10 Å². The number of piperidine rings is 1. The Morgan fingerprint density at radius 1 is 1.00 bits per heavy atom. The molecule has 1 fully saturated rings. The van der Waals surface area contributed by atoms with E-state index in [2.05, 4.69) is 9.88 Å². The molecule has 5 rings (SSSR count). The number of hydrogen-bond acceptors (Lipinski definition) is 4.